The minimum Gasteiger partial charge on any atom is -0.369 e. The van der Waals surface area contributed by atoms with Crippen molar-refractivity contribution in [2.45, 2.75) is 0 Å². The lowest BCUT2D eigenvalue weighted by molar-refractivity contribution is -0.0368. The van der Waals surface area contributed by atoms with Crippen LogP contribution in [0.25, 0.3) is 0 Å². The van der Waals surface area contributed by atoms with E-state index in [1.807, 2.05) is 12.1 Å². The number of urea groups is 1. The van der Waals surface area contributed by atoms with E-state index in [-0.39, 0.29) is 5.17 Å². The molecule has 110 valence electrons. The summed E-state index contributed by atoms with van der Waals surface area (Å²) in [7, 11) is 0. The van der Waals surface area contributed by atoms with Crippen LogP contribution in [-0.2, 0) is 0 Å². The Labute approximate surface area is 127 Å². The van der Waals surface area contributed by atoms with Gasteiger partial charge in [0.2, 0.25) is 0 Å². The Bertz CT molecular complexity index is 447. The zero-order valence-corrected chi connectivity index (χ0v) is 12.3. The number of benzene rings is 1. The number of amides is 2. The summed E-state index contributed by atoms with van der Waals surface area (Å²) in [6.07, 6.45) is 1.32. The molecule has 0 radical (unpaired) electrons. The molecule has 0 unspecified atom stereocenters. The summed E-state index contributed by atoms with van der Waals surface area (Å²) in [4.78, 5) is 12.6. The number of hydrazone groups is 1. The molecule has 0 aliphatic rings. The molecule has 1 aromatic rings. The van der Waals surface area contributed by atoms with E-state index in [4.69, 9.17) is 34.1 Å². The Hall–Kier alpha value is -1.50. The summed E-state index contributed by atoms with van der Waals surface area (Å²) in [5.41, 5.74) is 6.52. The summed E-state index contributed by atoms with van der Waals surface area (Å²) in [5.74, 6) is 1.02. The summed E-state index contributed by atoms with van der Waals surface area (Å²) in [6.45, 7) is 1.40. The number of alkyl halides is 2. The van der Waals surface area contributed by atoms with Crippen molar-refractivity contribution >= 4 is 41.1 Å². The van der Waals surface area contributed by atoms with Gasteiger partial charge in [0, 0.05) is 30.5 Å². The smallest absolute Gasteiger partial charge is 0.360 e. The van der Waals surface area contributed by atoms with Crippen LogP contribution >= 0.6 is 23.2 Å². The third-order valence-electron chi connectivity index (χ3n) is 2.48. The second kappa shape index (κ2) is 8.63. The van der Waals surface area contributed by atoms with Gasteiger partial charge < -0.3 is 10.6 Å². The monoisotopic (exact) mass is 318 g/mol. The third-order valence-corrected chi connectivity index (χ3v) is 2.82. The highest BCUT2D eigenvalue weighted by Crippen LogP contribution is 2.15. The number of rotatable bonds is 7. The van der Waals surface area contributed by atoms with Crippen LogP contribution in [-0.4, -0.2) is 47.5 Å². The number of hydroxylamine groups is 1. The third kappa shape index (κ3) is 5.24. The lowest BCUT2D eigenvalue weighted by atomic mass is 10.2. The Morgan fingerprint density at radius 3 is 2.25 bits per heavy atom. The van der Waals surface area contributed by atoms with Gasteiger partial charge in [0.05, 0.1) is 6.21 Å². The van der Waals surface area contributed by atoms with Crippen LogP contribution in [0.15, 0.2) is 29.4 Å². The predicted octanol–water partition coefficient (Wildman–Crippen LogP) is 2.07. The zero-order valence-electron chi connectivity index (χ0n) is 10.7. The molecule has 3 N–H and O–H groups in total. The van der Waals surface area contributed by atoms with E-state index in [9.17, 15) is 4.79 Å². The van der Waals surface area contributed by atoms with E-state index in [0.29, 0.717) is 30.4 Å². The van der Waals surface area contributed by atoms with Gasteiger partial charge >= 0.3 is 6.03 Å². The van der Waals surface area contributed by atoms with Crippen molar-refractivity contribution in [3.63, 3.8) is 0 Å². The van der Waals surface area contributed by atoms with E-state index in [0.717, 1.165) is 5.69 Å². The van der Waals surface area contributed by atoms with Crippen molar-refractivity contribution in [3.8, 4) is 0 Å². The minimum absolute atomic E-state index is 0.0706. The molecular weight excluding hydrogens is 303 g/mol. The molecule has 0 saturated carbocycles. The molecule has 0 aliphatic heterocycles. The van der Waals surface area contributed by atoms with Crippen LogP contribution < -0.4 is 10.6 Å². The first-order chi connectivity index (χ1) is 9.58. The number of anilines is 1. The number of nitrogens with two attached hydrogens (primary N) is 1. The molecule has 0 bridgehead atoms. The SMILES string of the molecule is NC(=O)N(O)/N=C/c1ccc(N(CCCl)CCCl)cc1. The number of hydrogen-bond acceptors (Lipinski definition) is 4. The predicted molar refractivity (Wildman–Crippen MR) is 80.9 cm³/mol. The van der Waals surface area contributed by atoms with Crippen molar-refractivity contribution in [2.24, 2.45) is 10.8 Å². The zero-order chi connectivity index (χ0) is 15.0. The number of primary amides is 1. The van der Waals surface area contributed by atoms with Crippen LogP contribution in [0.3, 0.4) is 0 Å². The van der Waals surface area contributed by atoms with Crippen LogP contribution in [0, 0.1) is 0 Å². The summed E-state index contributed by atoms with van der Waals surface area (Å²) in [5, 5.41) is 12.5. The second-order valence-corrected chi connectivity index (χ2v) is 4.58. The Morgan fingerprint density at radius 2 is 1.80 bits per heavy atom. The molecule has 8 heteroatoms. The number of halogens is 2. The highest BCUT2D eigenvalue weighted by atomic mass is 35.5. The first-order valence-corrected chi connectivity index (χ1v) is 6.94. The van der Waals surface area contributed by atoms with Crippen LogP contribution in [0.2, 0.25) is 0 Å². The number of carbonyl (C=O) groups excluding carboxylic acids is 1. The van der Waals surface area contributed by atoms with Gasteiger partial charge in [0.1, 0.15) is 0 Å². The molecule has 0 atom stereocenters. The van der Waals surface area contributed by atoms with Crippen LogP contribution in [0.5, 0.6) is 0 Å². The van der Waals surface area contributed by atoms with Gasteiger partial charge in [-0.05, 0) is 17.7 Å². The van der Waals surface area contributed by atoms with Gasteiger partial charge in [0.15, 0.2) is 0 Å². The van der Waals surface area contributed by atoms with E-state index in [1.165, 1.54) is 6.21 Å². The number of carbonyl (C=O) groups is 1. The van der Waals surface area contributed by atoms with Crippen LogP contribution in [0.1, 0.15) is 5.56 Å². The molecule has 0 aromatic heterocycles. The fraction of sp³-hybridized carbons (Fsp3) is 0.333. The molecular formula is C12H16Cl2N4O2. The summed E-state index contributed by atoms with van der Waals surface area (Å²) < 4.78 is 0. The molecule has 6 nitrogen and oxygen atoms in total. The second-order valence-electron chi connectivity index (χ2n) is 3.83. The highest BCUT2D eigenvalue weighted by molar-refractivity contribution is 6.18. The molecule has 1 aromatic carbocycles. The van der Waals surface area contributed by atoms with Crippen molar-refractivity contribution in [3.05, 3.63) is 29.8 Å². The molecule has 20 heavy (non-hydrogen) atoms. The first kappa shape index (κ1) is 16.6. The Balaban J connectivity index is 2.74. The van der Waals surface area contributed by atoms with Crippen molar-refractivity contribution < 1.29 is 10.0 Å². The topological polar surface area (TPSA) is 82.2 Å². The lowest BCUT2D eigenvalue weighted by Crippen LogP contribution is -2.28. The van der Waals surface area contributed by atoms with Crippen LogP contribution in [0.4, 0.5) is 10.5 Å². The number of hydrogen-bond donors (Lipinski definition) is 2. The van der Waals surface area contributed by atoms with Crippen molar-refractivity contribution in [1.82, 2.24) is 5.17 Å². The maximum atomic E-state index is 10.6. The van der Waals surface area contributed by atoms with Gasteiger partial charge in [-0.1, -0.05) is 17.3 Å². The maximum Gasteiger partial charge on any atom is 0.360 e. The number of nitrogens with zero attached hydrogens (tertiary/aromatic N) is 3. The van der Waals surface area contributed by atoms with E-state index in [1.54, 1.807) is 12.1 Å². The average Bonchev–Trinajstić information content (AvgIpc) is 2.45. The van der Waals surface area contributed by atoms with E-state index in [2.05, 4.69) is 10.0 Å². The minimum atomic E-state index is -1.05. The van der Waals surface area contributed by atoms with Gasteiger partial charge in [-0.15, -0.1) is 28.3 Å². The summed E-state index contributed by atoms with van der Waals surface area (Å²) >= 11 is 11.5. The summed E-state index contributed by atoms with van der Waals surface area (Å²) in [6, 6.07) is 6.30. The molecule has 0 saturated heterocycles. The molecule has 2 amide bonds. The molecule has 1 rings (SSSR count). The molecule has 0 heterocycles. The van der Waals surface area contributed by atoms with E-state index < -0.39 is 6.03 Å². The first-order valence-electron chi connectivity index (χ1n) is 5.88. The molecule has 0 spiro atoms. The molecule has 0 aliphatic carbocycles. The largest absolute Gasteiger partial charge is 0.369 e. The highest BCUT2D eigenvalue weighted by Gasteiger charge is 2.05. The normalized spacial score (nSPS) is 10.8. The van der Waals surface area contributed by atoms with E-state index >= 15 is 0 Å². The van der Waals surface area contributed by atoms with Gasteiger partial charge in [-0.3, -0.25) is 5.21 Å². The standard InChI is InChI=1S/C12H16Cl2N4O2/c13-5-7-17(8-6-14)11-3-1-10(2-4-11)9-16-18(20)12(15)19/h1-4,9,20H,5-8H2,(H2,15,19)/b16-9+. The molecule has 0 fully saturated rings. The maximum absolute atomic E-state index is 10.6. The lowest BCUT2D eigenvalue weighted by Gasteiger charge is -2.22. The van der Waals surface area contributed by atoms with Crippen molar-refractivity contribution in [2.75, 3.05) is 29.7 Å². The quantitative estimate of drug-likeness (QED) is 0.349. The Kier molecular flexibility index (Phi) is 7.14. The van der Waals surface area contributed by atoms with Gasteiger partial charge in [0.25, 0.3) is 0 Å². The fourth-order valence-electron chi connectivity index (χ4n) is 1.52. The van der Waals surface area contributed by atoms with Gasteiger partial charge in [-0.25, -0.2) is 4.79 Å². The Morgan fingerprint density at radius 1 is 1.25 bits per heavy atom. The fourth-order valence-corrected chi connectivity index (χ4v) is 1.93. The van der Waals surface area contributed by atoms with Gasteiger partial charge in [-0.2, -0.15) is 0 Å². The average molecular weight is 319 g/mol. The van der Waals surface area contributed by atoms with Crippen molar-refractivity contribution in [1.29, 1.82) is 0 Å².